The fraction of sp³-hybridized carbons (Fsp3) is 0.294. The molecule has 0 fully saturated rings. The number of hydrogen-bond acceptors (Lipinski definition) is 7. The molecule has 0 saturated heterocycles. The lowest BCUT2D eigenvalue weighted by Gasteiger charge is -2.12. The van der Waals surface area contributed by atoms with Crippen LogP contribution in [0.5, 0.6) is 5.75 Å². The number of urea groups is 1. The van der Waals surface area contributed by atoms with E-state index >= 15 is 0 Å². The number of rotatable bonds is 6. The minimum absolute atomic E-state index is 0.230. The van der Waals surface area contributed by atoms with Crippen molar-refractivity contribution >= 4 is 17.9 Å². The van der Waals surface area contributed by atoms with Crippen molar-refractivity contribution in [2.75, 3.05) is 0 Å². The fourth-order valence-electron chi connectivity index (χ4n) is 2.06. The normalized spacial score (nSPS) is 11.5. The van der Waals surface area contributed by atoms with Crippen LogP contribution in [0.2, 0.25) is 0 Å². The average Bonchev–Trinajstić information content (AvgIpc) is 2.91. The molecule has 0 aliphatic heterocycles. The van der Waals surface area contributed by atoms with E-state index in [0.717, 1.165) is 11.3 Å². The molecule has 0 aliphatic carbocycles. The Balaban J connectivity index is 1.93. The second kappa shape index (κ2) is 8.15. The van der Waals surface area contributed by atoms with Crippen LogP contribution in [-0.4, -0.2) is 29.2 Å². The van der Waals surface area contributed by atoms with Gasteiger partial charge in [0.25, 0.3) is 5.91 Å². The van der Waals surface area contributed by atoms with Crippen LogP contribution in [0.1, 0.15) is 34.3 Å². The van der Waals surface area contributed by atoms with Crippen molar-refractivity contribution in [2.24, 2.45) is 5.73 Å². The van der Waals surface area contributed by atoms with Crippen molar-refractivity contribution in [3.8, 4) is 5.75 Å². The highest BCUT2D eigenvalue weighted by atomic mass is 16.5. The maximum absolute atomic E-state index is 12.0. The number of aromatic nitrogens is 1. The number of imide groups is 1. The molecule has 0 bridgehead atoms. The second-order valence-corrected chi connectivity index (χ2v) is 5.52. The van der Waals surface area contributed by atoms with Crippen molar-refractivity contribution in [3.63, 3.8) is 0 Å². The average molecular weight is 361 g/mol. The Morgan fingerprint density at radius 3 is 2.42 bits per heavy atom. The Labute approximate surface area is 149 Å². The van der Waals surface area contributed by atoms with E-state index in [2.05, 4.69) is 5.16 Å². The molecule has 2 rings (SSSR count). The molecule has 0 spiro atoms. The molecule has 9 nitrogen and oxygen atoms in total. The van der Waals surface area contributed by atoms with Crippen LogP contribution in [0.4, 0.5) is 4.79 Å². The van der Waals surface area contributed by atoms with Gasteiger partial charge in [-0.1, -0.05) is 5.16 Å². The predicted octanol–water partition coefficient (Wildman–Crippen LogP) is 1.61. The van der Waals surface area contributed by atoms with E-state index in [1.54, 1.807) is 19.1 Å². The highest BCUT2D eigenvalue weighted by molar-refractivity contribution is 5.98. The smallest absolute Gasteiger partial charge is 0.338 e. The van der Waals surface area contributed by atoms with E-state index in [4.69, 9.17) is 19.7 Å². The lowest BCUT2D eigenvalue weighted by atomic mass is 10.2. The van der Waals surface area contributed by atoms with Gasteiger partial charge in [0.05, 0.1) is 16.8 Å². The van der Waals surface area contributed by atoms with Gasteiger partial charge in [-0.05, 0) is 45.0 Å². The quantitative estimate of drug-likeness (QED) is 0.746. The third-order valence-electron chi connectivity index (χ3n) is 3.55. The molecule has 138 valence electrons. The van der Waals surface area contributed by atoms with Gasteiger partial charge in [-0.3, -0.25) is 10.1 Å². The Kier molecular flexibility index (Phi) is 5.94. The number of aryl methyl sites for hydroxylation is 2. The predicted molar refractivity (Wildman–Crippen MR) is 89.4 cm³/mol. The topological polar surface area (TPSA) is 134 Å². The Morgan fingerprint density at radius 2 is 1.88 bits per heavy atom. The molecule has 2 aromatic rings. The number of carbonyl (C=O) groups excluding carboxylic acids is 3. The highest BCUT2D eigenvalue weighted by Gasteiger charge is 2.20. The number of nitrogens with one attached hydrogen (secondary N) is 1. The molecule has 1 aromatic heterocycles. The molecule has 0 unspecified atom stereocenters. The minimum Gasteiger partial charge on any atom is -0.489 e. The molecule has 3 N–H and O–H groups in total. The van der Waals surface area contributed by atoms with Crippen molar-refractivity contribution in [2.45, 2.75) is 33.5 Å². The summed E-state index contributed by atoms with van der Waals surface area (Å²) in [6, 6.07) is 5.19. The first kappa shape index (κ1) is 19.0. The molecule has 0 saturated carbocycles. The lowest BCUT2D eigenvalue weighted by Crippen LogP contribution is -2.42. The number of nitrogens with zero attached hydrogens (tertiary/aromatic N) is 1. The summed E-state index contributed by atoms with van der Waals surface area (Å²) in [7, 11) is 0. The van der Waals surface area contributed by atoms with Crippen molar-refractivity contribution in [3.05, 3.63) is 46.8 Å². The van der Waals surface area contributed by atoms with Gasteiger partial charge in [0.15, 0.2) is 6.10 Å². The van der Waals surface area contributed by atoms with Crippen LogP contribution in [0.3, 0.4) is 0 Å². The van der Waals surface area contributed by atoms with Crippen LogP contribution in [0, 0.1) is 13.8 Å². The lowest BCUT2D eigenvalue weighted by molar-refractivity contribution is -0.127. The molecule has 26 heavy (non-hydrogen) atoms. The van der Waals surface area contributed by atoms with Crippen LogP contribution >= 0.6 is 0 Å². The number of hydrogen-bond donors (Lipinski definition) is 2. The van der Waals surface area contributed by atoms with Gasteiger partial charge in [-0.2, -0.15) is 0 Å². The molecule has 0 radical (unpaired) electrons. The zero-order valence-electron chi connectivity index (χ0n) is 14.6. The molecule has 1 aromatic carbocycles. The summed E-state index contributed by atoms with van der Waals surface area (Å²) in [5.41, 5.74) is 6.69. The van der Waals surface area contributed by atoms with Crippen molar-refractivity contribution in [1.82, 2.24) is 10.5 Å². The van der Waals surface area contributed by atoms with E-state index in [-0.39, 0.29) is 12.2 Å². The number of primary amides is 1. The number of esters is 1. The van der Waals surface area contributed by atoms with Gasteiger partial charge in [0.2, 0.25) is 0 Å². The SMILES string of the molecule is Cc1noc(C)c1COc1ccc(C(=O)O[C@@H](C)C(=O)NC(N)=O)cc1. The maximum Gasteiger partial charge on any atom is 0.338 e. The molecule has 1 heterocycles. The first-order chi connectivity index (χ1) is 12.3. The number of carbonyl (C=O) groups is 3. The van der Waals surface area contributed by atoms with Gasteiger partial charge >= 0.3 is 12.0 Å². The van der Waals surface area contributed by atoms with Gasteiger partial charge in [0.1, 0.15) is 18.1 Å². The summed E-state index contributed by atoms with van der Waals surface area (Å²) < 4.78 is 15.7. The van der Waals surface area contributed by atoms with Crippen LogP contribution in [0.15, 0.2) is 28.8 Å². The second-order valence-electron chi connectivity index (χ2n) is 5.52. The van der Waals surface area contributed by atoms with Gasteiger partial charge in [-0.15, -0.1) is 0 Å². The molecular weight excluding hydrogens is 342 g/mol. The zero-order valence-corrected chi connectivity index (χ0v) is 14.6. The van der Waals surface area contributed by atoms with E-state index in [1.165, 1.54) is 19.1 Å². The molecule has 0 aliphatic rings. The van der Waals surface area contributed by atoms with Crippen LogP contribution < -0.4 is 15.8 Å². The Hall–Kier alpha value is -3.36. The van der Waals surface area contributed by atoms with Crippen LogP contribution in [0.25, 0.3) is 0 Å². The minimum atomic E-state index is -1.16. The number of ether oxygens (including phenoxy) is 2. The largest absolute Gasteiger partial charge is 0.489 e. The summed E-state index contributed by atoms with van der Waals surface area (Å²) in [4.78, 5) is 34.1. The zero-order chi connectivity index (χ0) is 19.3. The standard InChI is InChI=1S/C17H19N3O6/c1-9-14(10(2)26-20-9)8-24-13-6-4-12(5-7-13)16(22)25-11(3)15(21)19-17(18)23/h4-7,11H,8H2,1-3H3,(H3,18,19,21,23)/t11-/m0/s1. The highest BCUT2D eigenvalue weighted by Crippen LogP contribution is 2.18. The Morgan fingerprint density at radius 1 is 1.23 bits per heavy atom. The van der Waals surface area contributed by atoms with Crippen molar-refractivity contribution < 1.29 is 28.4 Å². The first-order valence-corrected chi connectivity index (χ1v) is 7.73. The number of benzene rings is 1. The molecular formula is C17H19N3O6. The van der Waals surface area contributed by atoms with Gasteiger partial charge in [-0.25, -0.2) is 9.59 Å². The number of nitrogens with two attached hydrogens (primary N) is 1. The third kappa shape index (κ3) is 4.82. The summed E-state index contributed by atoms with van der Waals surface area (Å²) >= 11 is 0. The Bertz CT molecular complexity index is 793. The summed E-state index contributed by atoms with van der Waals surface area (Å²) in [6.45, 7) is 5.24. The molecule has 9 heteroatoms. The van der Waals surface area contributed by atoms with E-state index in [1.807, 2.05) is 12.2 Å². The molecule has 1 atom stereocenters. The van der Waals surface area contributed by atoms with Gasteiger partial charge in [0, 0.05) is 0 Å². The van der Waals surface area contributed by atoms with Crippen molar-refractivity contribution in [1.29, 1.82) is 0 Å². The first-order valence-electron chi connectivity index (χ1n) is 7.73. The summed E-state index contributed by atoms with van der Waals surface area (Å²) in [5, 5.41) is 5.69. The number of amides is 3. The summed E-state index contributed by atoms with van der Waals surface area (Å²) in [5.74, 6) is -0.286. The van der Waals surface area contributed by atoms with Gasteiger partial charge < -0.3 is 19.7 Å². The monoisotopic (exact) mass is 361 g/mol. The van der Waals surface area contributed by atoms with Crippen LogP contribution in [-0.2, 0) is 16.1 Å². The summed E-state index contributed by atoms with van der Waals surface area (Å²) in [6.07, 6.45) is -1.16. The third-order valence-corrected chi connectivity index (χ3v) is 3.55. The van der Waals surface area contributed by atoms with E-state index in [0.29, 0.717) is 11.5 Å². The molecule has 3 amide bonds. The maximum atomic E-state index is 12.0. The van der Waals surface area contributed by atoms with E-state index < -0.39 is 24.0 Å². The fourth-order valence-corrected chi connectivity index (χ4v) is 2.06. The van der Waals surface area contributed by atoms with E-state index in [9.17, 15) is 14.4 Å².